The summed E-state index contributed by atoms with van der Waals surface area (Å²) in [5.74, 6) is 1.37. The Morgan fingerprint density at radius 3 is 2.33 bits per heavy atom. The highest BCUT2D eigenvalue weighted by atomic mass is 79.9. The molecule has 0 spiro atoms. The number of fused-ring (bicyclic) bond motifs is 1. The van der Waals surface area contributed by atoms with Gasteiger partial charge in [-0.15, -0.1) is 0 Å². The number of hydrogen-bond acceptors (Lipinski definition) is 4. The highest BCUT2D eigenvalue weighted by molar-refractivity contribution is 9.10. The maximum absolute atomic E-state index is 13.1. The summed E-state index contributed by atoms with van der Waals surface area (Å²) in [6.07, 6.45) is 0.829. The first-order valence-corrected chi connectivity index (χ1v) is 8.28. The summed E-state index contributed by atoms with van der Waals surface area (Å²) in [5.41, 5.74) is 2.53. The Labute approximate surface area is 149 Å². The van der Waals surface area contributed by atoms with Crippen LogP contribution in [0.1, 0.15) is 15.9 Å². The van der Waals surface area contributed by atoms with Gasteiger partial charge < -0.3 is 19.1 Å². The molecule has 1 heterocycles. The number of hydrogen-bond donors (Lipinski definition) is 0. The molecule has 0 atom stereocenters. The van der Waals surface area contributed by atoms with Gasteiger partial charge in [-0.3, -0.25) is 4.79 Å². The Hall–Kier alpha value is -2.21. The fourth-order valence-corrected chi connectivity index (χ4v) is 3.33. The fraction of sp³-hybridized carbons (Fsp3) is 0.278. The Bertz CT molecular complexity index is 791. The van der Waals surface area contributed by atoms with E-state index in [4.69, 9.17) is 14.2 Å². The second kappa shape index (κ2) is 6.73. The van der Waals surface area contributed by atoms with Crippen LogP contribution in [0.5, 0.6) is 17.2 Å². The lowest BCUT2D eigenvalue weighted by Gasteiger charge is -2.20. The standard InChI is InChI=1S/C18H18BrNO4/c1-22-15-10-17(24-3)16(23-2)9-13(15)18(21)20-7-6-11-8-12(19)4-5-14(11)20/h4-5,8-10H,6-7H2,1-3H3. The Balaban J connectivity index is 2.02. The summed E-state index contributed by atoms with van der Waals surface area (Å²) >= 11 is 3.47. The molecule has 5 nitrogen and oxygen atoms in total. The highest BCUT2D eigenvalue weighted by Crippen LogP contribution is 2.37. The van der Waals surface area contributed by atoms with Gasteiger partial charge in [0.15, 0.2) is 11.5 Å². The molecule has 1 amide bonds. The van der Waals surface area contributed by atoms with E-state index in [2.05, 4.69) is 22.0 Å². The van der Waals surface area contributed by atoms with E-state index in [1.54, 1.807) is 31.3 Å². The number of nitrogens with zero attached hydrogens (tertiary/aromatic N) is 1. The summed E-state index contributed by atoms with van der Waals surface area (Å²) < 4.78 is 17.0. The van der Waals surface area contributed by atoms with Crippen LogP contribution in [0.4, 0.5) is 5.69 Å². The van der Waals surface area contributed by atoms with Crippen LogP contribution >= 0.6 is 15.9 Å². The van der Waals surface area contributed by atoms with Crippen molar-refractivity contribution in [2.45, 2.75) is 6.42 Å². The Kier molecular flexibility index (Phi) is 4.66. The van der Waals surface area contributed by atoms with E-state index < -0.39 is 0 Å². The van der Waals surface area contributed by atoms with Gasteiger partial charge in [0.1, 0.15) is 5.75 Å². The Morgan fingerprint density at radius 2 is 1.67 bits per heavy atom. The summed E-state index contributed by atoms with van der Waals surface area (Å²) in [5, 5.41) is 0. The molecule has 6 heteroatoms. The van der Waals surface area contributed by atoms with Crippen molar-refractivity contribution in [3.63, 3.8) is 0 Å². The van der Waals surface area contributed by atoms with E-state index >= 15 is 0 Å². The van der Waals surface area contributed by atoms with Crippen LogP contribution in [0.2, 0.25) is 0 Å². The van der Waals surface area contributed by atoms with E-state index in [1.807, 2.05) is 12.1 Å². The highest BCUT2D eigenvalue weighted by Gasteiger charge is 2.28. The van der Waals surface area contributed by atoms with Gasteiger partial charge in [-0.25, -0.2) is 0 Å². The number of carbonyl (C=O) groups is 1. The van der Waals surface area contributed by atoms with Crippen molar-refractivity contribution in [2.75, 3.05) is 32.8 Å². The average Bonchev–Trinajstić information content (AvgIpc) is 3.02. The summed E-state index contributed by atoms with van der Waals surface area (Å²) in [4.78, 5) is 14.8. The minimum absolute atomic E-state index is 0.117. The number of amides is 1. The molecule has 0 N–H and O–H groups in total. The van der Waals surface area contributed by atoms with E-state index in [-0.39, 0.29) is 5.91 Å². The predicted octanol–water partition coefficient (Wildman–Crippen LogP) is 3.68. The number of rotatable bonds is 4. The number of benzene rings is 2. The third-order valence-corrected chi connectivity index (χ3v) is 4.61. The Morgan fingerprint density at radius 1 is 1.00 bits per heavy atom. The van der Waals surface area contributed by atoms with Gasteiger partial charge in [0.25, 0.3) is 5.91 Å². The lowest BCUT2D eigenvalue weighted by molar-refractivity contribution is 0.0986. The van der Waals surface area contributed by atoms with Crippen molar-refractivity contribution in [3.8, 4) is 17.2 Å². The SMILES string of the molecule is COc1cc(OC)c(C(=O)N2CCc3cc(Br)ccc32)cc1OC. The number of methoxy groups -OCH3 is 3. The van der Waals surface area contributed by atoms with Gasteiger partial charge in [0, 0.05) is 28.8 Å². The lowest BCUT2D eigenvalue weighted by atomic mass is 10.1. The van der Waals surface area contributed by atoms with Crippen LogP contribution in [-0.2, 0) is 6.42 Å². The van der Waals surface area contributed by atoms with Crippen LogP contribution in [-0.4, -0.2) is 33.8 Å². The molecule has 2 aromatic rings. The molecule has 0 saturated carbocycles. The van der Waals surface area contributed by atoms with Crippen LogP contribution in [0.15, 0.2) is 34.8 Å². The summed E-state index contributed by atoms with van der Waals surface area (Å²) in [6, 6.07) is 9.28. The third-order valence-electron chi connectivity index (χ3n) is 4.12. The molecule has 1 aliphatic rings. The van der Waals surface area contributed by atoms with Crippen molar-refractivity contribution in [1.82, 2.24) is 0 Å². The molecule has 0 unspecified atom stereocenters. The first-order valence-electron chi connectivity index (χ1n) is 7.49. The molecular weight excluding hydrogens is 374 g/mol. The topological polar surface area (TPSA) is 48.0 Å². The maximum Gasteiger partial charge on any atom is 0.262 e. The minimum Gasteiger partial charge on any atom is -0.496 e. The number of ether oxygens (including phenoxy) is 3. The molecule has 1 aliphatic heterocycles. The van der Waals surface area contributed by atoms with Gasteiger partial charge in [-0.2, -0.15) is 0 Å². The zero-order valence-corrected chi connectivity index (χ0v) is 15.3. The van der Waals surface area contributed by atoms with Gasteiger partial charge in [-0.05, 0) is 30.2 Å². The van der Waals surface area contributed by atoms with Crippen molar-refractivity contribution in [2.24, 2.45) is 0 Å². The predicted molar refractivity (Wildman–Crippen MR) is 95.6 cm³/mol. The normalized spacial score (nSPS) is 12.8. The molecule has 0 radical (unpaired) electrons. The molecule has 0 aliphatic carbocycles. The van der Waals surface area contributed by atoms with Gasteiger partial charge in [-0.1, -0.05) is 15.9 Å². The third kappa shape index (κ3) is 2.82. The van der Waals surface area contributed by atoms with E-state index in [1.165, 1.54) is 7.11 Å². The largest absolute Gasteiger partial charge is 0.496 e. The molecule has 126 valence electrons. The van der Waals surface area contributed by atoms with Gasteiger partial charge >= 0.3 is 0 Å². The molecule has 2 aromatic carbocycles. The smallest absolute Gasteiger partial charge is 0.262 e. The van der Waals surface area contributed by atoms with E-state index in [0.717, 1.165) is 22.1 Å². The molecular formula is C18H18BrNO4. The van der Waals surface area contributed by atoms with E-state index in [9.17, 15) is 4.79 Å². The number of anilines is 1. The molecule has 0 saturated heterocycles. The fourth-order valence-electron chi connectivity index (χ4n) is 2.92. The molecule has 0 aromatic heterocycles. The maximum atomic E-state index is 13.1. The molecule has 24 heavy (non-hydrogen) atoms. The zero-order chi connectivity index (χ0) is 17.3. The summed E-state index contributed by atoms with van der Waals surface area (Å²) in [7, 11) is 4.63. The molecule has 3 rings (SSSR count). The van der Waals surface area contributed by atoms with Crippen molar-refractivity contribution >= 4 is 27.5 Å². The van der Waals surface area contributed by atoms with Gasteiger partial charge in [0.05, 0.1) is 26.9 Å². The van der Waals surface area contributed by atoms with Crippen molar-refractivity contribution in [3.05, 3.63) is 45.9 Å². The van der Waals surface area contributed by atoms with Crippen molar-refractivity contribution in [1.29, 1.82) is 0 Å². The number of halogens is 1. The second-order valence-corrected chi connectivity index (χ2v) is 6.30. The van der Waals surface area contributed by atoms with Crippen molar-refractivity contribution < 1.29 is 19.0 Å². The first-order chi connectivity index (χ1) is 11.6. The van der Waals surface area contributed by atoms with Crippen LogP contribution in [0.3, 0.4) is 0 Å². The van der Waals surface area contributed by atoms with Crippen LogP contribution in [0.25, 0.3) is 0 Å². The summed E-state index contributed by atoms with van der Waals surface area (Å²) in [6.45, 7) is 0.641. The van der Waals surface area contributed by atoms with Gasteiger partial charge in [0.2, 0.25) is 0 Å². The zero-order valence-electron chi connectivity index (χ0n) is 13.8. The lowest BCUT2D eigenvalue weighted by Crippen LogP contribution is -2.29. The monoisotopic (exact) mass is 391 g/mol. The average molecular weight is 392 g/mol. The van der Waals surface area contributed by atoms with Crippen LogP contribution in [0, 0.1) is 0 Å². The second-order valence-electron chi connectivity index (χ2n) is 5.39. The minimum atomic E-state index is -0.117. The van der Waals surface area contributed by atoms with Crippen LogP contribution < -0.4 is 19.1 Å². The van der Waals surface area contributed by atoms with E-state index in [0.29, 0.717) is 29.4 Å². The number of carbonyl (C=O) groups excluding carboxylic acids is 1. The molecule has 0 bridgehead atoms. The quantitative estimate of drug-likeness (QED) is 0.797. The molecule has 0 fully saturated rings. The first kappa shape index (κ1) is 16.6.